The van der Waals surface area contributed by atoms with Gasteiger partial charge in [-0.25, -0.2) is 0 Å². The number of hydrogen-bond acceptors (Lipinski definition) is 3. The molecule has 0 aromatic carbocycles. The lowest BCUT2D eigenvalue weighted by Gasteiger charge is -2.45. The highest BCUT2D eigenvalue weighted by atomic mass is 35.5. The lowest BCUT2D eigenvalue weighted by Crippen LogP contribution is -2.65. The first-order chi connectivity index (χ1) is 5.35. The molecular weight excluding hydrogens is 211 g/mol. The molecule has 13 heavy (non-hydrogen) atoms. The van der Waals surface area contributed by atoms with Crippen molar-refractivity contribution in [2.75, 3.05) is 19.8 Å². The van der Waals surface area contributed by atoms with Gasteiger partial charge in [-0.15, -0.1) is 24.8 Å². The van der Waals surface area contributed by atoms with Gasteiger partial charge in [0, 0.05) is 12.6 Å². The molecule has 2 fully saturated rings. The molecule has 2 atom stereocenters. The van der Waals surface area contributed by atoms with Crippen LogP contribution in [0.4, 0.5) is 0 Å². The van der Waals surface area contributed by atoms with E-state index in [4.69, 9.17) is 10.5 Å². The summed E-state index contributed by atoms with van der Waals surface area (Å²) in [6.45, 7) is 2.39. The maximum atomic E-state index is 5.70. The number of hydrogen-bond donors (Lipinski definition) is 2. The number of rotatable bonds is 1. The molecule has 0 amide bonds. The van der Waals surface area contributed by atoms with E-state index < -0.39 is 0 Å². The average Bonchev–Trinajstić information content (AvgIpc) is 2.05. The Bertz CT molecular complexity index is 147. The Kier molecular flexibility index (Phi) is 5.56. The van der Waals surface area contributed by atoms with Crippen LogP contribution in [-0.4, -0.2) is 31.3 Å². The Labute approximate surface area is 91.6 Å². The van der Waals surface area contributed by atoms with Crippen molar-refractivity contribution in [3.8, 4) is 0 Å². The van der Waals surface area contributed by atoms with E-state index in [-0.39, 0.29) is 30.4 Å². The van der Waals surface area contributed by atoms with Crippen LogP contribution >= 0.6 is 24.8 Å². The number of nitrogens with two attached hydrogens (primary N) is 1. The van der Waals surface area contributed by atoms with Crippen LogP contribution in [0.25, 0.3) is 0 Å². The van der Waals surface area contributed by atoms with Crippen LogP contribution in [0.5, 0.6) is 0 Å². The number of nitrogens with one attached hydrogen (secondary N) is 1. The molecule has 80 valence electrons. The number of fused-ring (bicyclic) bond motifs is 2. The standard InChI is InChI=1S/C8H16N2O.2ClH/c9-5-8-3-1-2-7(10-8)4-11-6-8;;/h7,10H,1-6,9H2;2*1H. The Morgan fingerprint density at radius 2 is 2.23 bits per heavy atom. The van der Waals surface area contributed by atoms with Gasteiger partial charge in [-0.3, -0.25) is 0 Å². The minimum absolute atomic E-state index is 0. The maximum Gasteiger partial charge on any atom is 0.0661 e. The minimum atomic E-state index is 0. The summed E-state index contributed by atoms with van der Waals surface area (Å²) in [5.41, 5.74) is 5.83. The minimum Gasteiger partial charge on any atom is -0.378 e. The molecule has 2 unspecified atom stereocenters. The lowest BCUT2D eigenvalue weighted by molar-refractivity contribution is -0.0225. The smallest absolute Gasteiger partial charge is 0.0661 e. The number of ether oxygens (including phenoxy) is 1. The van der Waals surface area contributed by atoms with Gasteiger partial charge in [-0.05, 0) is 19.3 Å². The Morgan fingerprint density at radius 3 is 2.85 bits per heavy atom. The Morgan fingerprint density at radius 1 is 1.46 bits per heavy atom. The van der Waals surface area contributed by atoms with E-state index in [0.717, 1.165) is 13.2 Å². The zero-order chi connectivity index (χ0) is 7.73. The van der Waals surface area contributed by atoms with Gasteiger partial charge >= 0.3 is 0 Å². The Hall–Kier alpha value is 0.460. The van der Waals surface area contributed by atoms with E-state index in [2.05, 4.69) is 5.32 Å². The maximum absolute atomic E-state index is 5.70. The van der Waals surface area contributed by atoms with Crippen LogP contribution in [0.15, 0.2) is 0 Å². The second-order valence-electron chi connectivity index (χ2n) is 3.73. The van der Waals surface area contributed by atoms with Crippen molar-refractivity contribution in [3.05, 3.63) is 0 Å². The molecule has 2 aliphatic rings. The monoisotopic (exact) mass is 228 g/mol. The summed E-state index contributed by atoms with van der Waals surface area (Å²) in [4.78, 5) is 0. The number of halogens is 2. The van der Waals surface area contributed by atoms with Crippen molar-refractivity contribution in [2.45, 2.75) is 30.8 Å². The third-order valence-electron chi connectivity index (χ3n) is 2.81. The predicted molar refractivity (Wildman–Crippen MR) is 57.9 cm³/mol. The molecule has 3 nitrogen and oxygen atoms in total. The first-order valence-corrected chi connectivity index (χ1v) is 4.40. The fraction of sp³-hybridized carbons (Fsp3) is 1.00. The molecule has 2 heterocycles. The van der Waals surface area contributed by atoms with Gasteiger partial charge in [0.1, 0.15) is 0 Å². The van der Waals surface area contributed by atoms with Gasteiger partial charge in [0.15, 0.2) is 0 Å². The van der Waals surface area contributed by atoms with E-state index in [0.29, 0.717) is 12.6 Å². The van der Waals surface area contributed by atoms with Gasteiger partial charge in [-0.2, -0.15) is 0 Å². The van der Waals surface area contributed by atoms with Gasteiger partial charge in [0.25, 0.3) is 0 Å². The SMILES string of the molecule is Cl.Cl.NCC12CCCC(COC1)N2. The van der Waals surface area contributed by atoms with Crippen LogP contribution in [-0.2, 0) is 4.74 Å². The zero-order valence-corrected chi connectivity index (χ0v) is 9.26. The van der Waals surface area contributed by atoms with Gasteiger partial charge in [0.05, 0.1) is 18.8 Å². The van der Waals surface area contributed by atoms with E-state index in [9.17, 15) is 0 Å². The second-order valence-corrected chi connectivity index (χ2v) is 3.73. The van der Waals surface area contributed by atoms with Gasteiger partial charge < -0.3 is 15.8 Å². The predicted octanol–water partition coefficient (Wildman–Crippen LogP) is 0.700. The molecule has 5 heteroatoms. The molecule has 0 saturated carbocycles. The van der Waals surface area contributed by atoms with Crippen molar-refractivity contribution in [2.24, 2.45) is 5.73 Å². The van der Waals surface area contributed by atoms with E-state index in [1.165, 1.54) is 19.3 Å². The third kappa shape index (κ3) is 2.70. The number of morpholine rings is 1. The van der Waals surface area contributed by atoms with Crippen molar-refractivity contribution < 1.29 is 4.74 Å². The summed E-state index contributed by atoms with van der Waals surface area (Å²) >= 11 is 0. The summed E-state index contributed by atoms with van der Waals surface area (Å²) in [6, 6.07) is 0.570. The second kappa shape index (κ2) is 5.37. The Balaban J connectivity index is 0.000000720. The van der Waals surface area contributed by atoms with E-state index >= 15 is 0 Å². The first-order valence-electron chi connectivity index (χ1n) is 4.40. The summed E-state index contributed by atoms with van der Waals surface area (Å²) in [5, 5.41) is 3.57. The molecule has 2 bridgehead atoms. The average molecular weight is 229 g/mol. The third-order valence-corrected chi connectivity index (χ3v) is 2.81. The van der Waals surface area contributed by atoms with E-state index in [1.54, 1.807) is 0 Å². The highest BCUT2D eigenvalue weighted by Gasteiger charge is 2.38. The summed E-state index contributed by atoms with van der Waals surface area (Å²) in [6.07, 6.45) is 3.74. The van der Waals surface area contributed by atoms with Crippen LogP contribution in [0.2, 0.25) is 0 Å². The quantitative estimate of drug-likeness (QED) is 0.695. The normalized spacial score (nSPS) is 37.2. The summed E-state index contributed by atoms with van der Waals surface area (Å²) in [7, 11) is 0. The van der Waals surface area contributed by atoms with Crippen molar-refractivity contribution in [1.29, 1.82) is 0 Å². The zero-order valence-electron chi connectivity index (χ0n) is 7.62. The topological polar surface area (TPSA) is 47.3 Å². The van der Waals surface area contributed by atoms with Crippen LogP contribution in [0.3, 0.4) is 0 Å². The first kappa shape index (κ1) is 13.5. The van der Waals surface area contributed by atoms with Crippen LogP contribution < -0.4 is 11.1 Å². The van der Waals surface area contributed by atoms with Crippen LogP contribution in [0.1, 0.15) is 19.3 Å². The highest BCUT2D eigenvalue weighted by Crippen LogP contribution is 2.25. The molecule has 0 radical (unpaired) electrons. The van der Waals surface area contributed by atoms with Crippen molar-refractivity contribution >= 4 is 24.8 Å². The van der Waals surface area contributed by atoms with Crippen molar-refractivity contribution in [1.82, 2.24) is 5.32 Å². The highest BCUT2D eigenvalue weighted by molar-refractivity contribution is 5.85. The number of piperidine rings is 1. The fourth-order valence-corrected chi connectivity index (χ4v) is 2.12. The molecule has 2 saturated heterocycles. The molecule has 2 rings (SSSR count). The molecule has 2 aliphatic heterocycles. The van der Waals surface area contributed by atoms with Gasteiger partial charge in [0.2, 0.25) is 0 Å². The molecule has 0 aromatic heterocycles. The van der Waals surface area contributed by atoms with Gasteiger partial charge in [-0.1, -0.05) is 0 Å². The molecule has 3 N–H and O–H groups in total. The summed E-state index contributed by atoms with van der Waals surface area (Å²) < 4.78 is 5.49. The fourth-order valence-electron chi connectivity index (χ4n) is 2.12. The van der Waals surface area contributed by atoms with Crippen LogP contribution in [0, 0.1) is 0 Å². The van der Waals surface area contributed by atoms with E-state index in [1.807, 2.05) is 0 Å². The van der Waals surface area contributed by atoms with Crippen molar-refractivity contribution in [3.63, 3.8) is 0 Å². The molecule has 0 aromatic rings. The molecular formula is C8H18Cl2N2O. The largest absolute Gasteiger partial charge is 0.378 e. The summed E-state index contributed by atoms with van der Waals surface area (Å²) in [5.74, 6) is 0. The molecule has 0 aliphatic carbocycles. The lowest BCUT2D eigenvalue weighted by atomic mass is 9.85. The molecule has 0 spiro atoms.